The van der Waals surface area contributed by atoms with Crippen molar-refractivity contribution in [1.82, 2.24) is 28.7 Å². The van der Waals surface area contributed by atoms with Crippen LogP contribution in [-0.4, -0.2) is 252 Å². The van der Waals surface area contributed by atoms with Crippen molar-refractivity contribution >= 4 is 112 Å². The minimum absolute atomic E-state index is 0. The van der Waals surface area contributed by atoms with Crippen molar-refractivity contribution in [3.63, 3.8) is 0 Å². The summed E-state index contributed by atoms with van der Waals surface area (Å²) in [5.74, 6) is 0. The number of ether oxygens (including phenoxy) is 3. The predicted molar refractivity (Wildman–Crippen MR) is 217 cm³/mol. The van der Waals surface area contributed by atoms with Crippen LogP contribution in [0.2, 0.25) is 0 Å². The zero-order chi connectivity index (χ0) is 47.4. The van der Waals surface area contributed by atoms with Crippen molar-refractivity contribution < 1.29 is 101 Å². The van der Waals surface area contributed by atoms with Crippen LogP contribution in [0, 0.1) is 0 Å². The van der Waals surface area contributed by atoms with Gasteiger partial charge in [-0.1, -0.05) is 0 Å². The Morgan fingerprint density at radius 3 is 0.833 bits per heavy atom. The van der Waals surface area contributed by atoms with E-state index in [1.54, 1.807) is 0 Å². The fourth-order valence-electron chi connectivity index (χ4n) is 5.68. The molecule has 6 heterocycles. The number of rotatable bonds is 12. The van der Waals surface area contributed by atoms with E-state index >= 15 is 0 Å². The molecule has 3 aromatic rings. The van der Waals surface area contributed by atoms with Gasteiger partial charge < -0.3 is 74.2 Å². The Morgan fingerprint density at radius 2 is 0.652 bits per heavy atom. The SMILES string of the molecule is O=c1ccn([C@@H]2O[C@H](COP(=O)(O)O)[C@@H](O)[C@H]2O)c(=O)[nH]1.O=c1ccn([C@@H]2O[C@H](COP(=O)(O)O)[C@@H](O)[C@H]2O)c(=O)[nH]1.O=c1ccn([C@@H]2O[C@H](COP(=O)(O)O)[C@@H](O)[C@H]2O)c(=O)[nH]1.[NaH].[NaH].[NaH]. The Balaban J connectivity index is 0.000000484. The predicted octanol–water partition coefficient (Wildman–Crippen LogP) is -10.2. The van der Waals surface area contributed by atoms with E-state index in [1.165, 1.54) is 0 Å². The van der Waals surface area contributed by atoms with Crippen molar-refractivity contribution in [1.29, 1.82) is 0 Å². The summed E-state index contributed by atoms with van der Waals surface area (Å²) in [6.07, 6.45) is -13.8. The molecule has 0 saturated carbocycles. The maximum absolute atomic E-state index is 11.6. The molecule has 15 N–H and O–H groups in total. The number of phosphoric ester groups is 3. The second-order valence-corrected chi connectivity index (χ2v) is 16.8. The van der Waals surface area contributed by atoms with Gasteiger partial charge in [-0.2, -0.15) is 0 Å². The van der Waals surface area contributed by atoms with Crippen LogP contribution in [0.5, 0.6) is 0 Å². The quantitative estimate of drug-likeness (QED) is 0.0592. The molecular formula is C27H42N6Na3O27P3. The van der Waals surface area contributed by atoms with Crippen molar-refractivity contribution in [2.45, 2.75) is 73.6 Å². The van der Waals surface area contributed by atoms with Crippen LogP contribution in [0.15, 0.2) is 65.6 Å². The van der Waals surface area contributed by atoms with Gasteiger partial charge in [0, 0.05) is 36.8 Å². The Morgan fingerprint density at radius 1 is 0.439 bits per heavy atom. The first-order valence-corrected chi connectivity index (χ1v) is 21.8. The molecule has 33 nitrogen and oxygen atoms in total. The third kappa shape index (κ3) is 18.0. The van der Waals surface area contributed by atoms with Gasteiger partial charge in [0.1, 0.15) is 54.9 Å². The summed E-state index contributed by atoms with van der Waals surface area (Å²) in [7, 11) is -14.3. The molecule has 0 radical (unpaired) electrons. The molecule has 0 aliphatic carbocycles. The molecule has 6 rings (SSSR count). The average molecular weight is 1040 g/mol. The molecular weight excluding hydrogens is 1000 g/mol. The van der Waals surface area contributed by atoms with Gasteiger partial charge in [0.15, 0.2) is 18.7 Å². The fraction of sp³-hybridized carbons (Fsp3) is 0.556. The summed E-state index contributed by atoms with van der Waals surface area (Å²) in [4.78, 5) is 125. The Bertz CT molecular complexity index is 2280. The minimum atomic E-state index is -4.76. The van der Waals surface area contributed by atoms with Gasteiger partial charge in [-0.15, -0.1) is 0 Å². The van der Waals surface area contributed by atoms with Crippen molar-refractivity contribution in [3.05, 3.63) is 99.3 Å². The third-order valence-electron chi connectivity index (χ3n) is 8.61. The molecule has 360 valence electrons. The first-order valence-electron chi connectivity index (χ1n) is 17.2. The maximum atomic E-state index is 11.6. The van der Waals surface area contributed by atoms with Gasteiger partial charge in [0.2, 0.25) is 0 Å². The molecule has 3 aliphatic heterocycles. The number of hydrogen-bond acceptors (Lipinski definition) is 21. The van der Waals surface area contributed by atoms with Gasteiger partial charge in [0.25, 0.3) is 16.7 Å². The normalized spacial score (nSPS) is 28.4. The molecule has 0 spiro atoms. The van der Waals surface area contributed by atoms with E-state index in [0.29, 0.717) is 0 Å². The van der Waals surface area contributed by atoms with Crippen LogP contribution in [0.1, 0.15) is 18.7 Å². The Labute approximate surface area is 431 Å². The molecule has 12 atom stereocenters. The van der Waals surface area contributed by atoms with Crippen molar-refractivity contribution in [2.75, 3.05) is 19.8 Å². The van der Waals surface area contributed by atoms with Gasteiger partial charge >= 0.3 is 129 Å². The van der Waals surface area contributed by atoms with E-state index in [1.807, 2.05) is 15.0 Å². The molecule has 3 aromatic heterocycles. The van der Waals surface area contributed by atoms with Crippen molar-refractivity contribution in [3.8, 4) is 0 Å². The number of phosphoric acid groups is 3. The van der Waals surface area contributed by atoms with E-state index in [2.05, 4.69) is 13.6 Å². The summed E-state index contributed by atoms with van der Waals surface area (Å²) < 4.78 is 62.4. The van der Waals surface area contributed by atoms with Gasteiger partial charge in [-0.25, -0.2) is 28.1 Å². The number of nitrogens with zero attached hydrogens (tertiary/aromatic N) is 3. The number of aromatic amines is 3. The monoisotopic (exact) mass is 1040 g/mol. The van der Waals surface area contributed by atoms with Crippen LogP contribution in [-0.2, 0) is 41.5 Å². The molecule has 0 bridgehead atoms. The molecule has 39 heteroatoms. The fourth-order valence-corrected chi connectivity index (χ4v) is 6.71. The average Bonchev–Trinajstić information content (AvgIpc) is 3.73. The standard InChI is InChI=1S/3C9H13N2O9P.3Na.3H/c3*12-5-1-2-11(9(15)10-5)8-7(14)6(13)4(20-8)3-19-21(16,17)18;;;;;;/h3*1-2,4,6-8,13-14H,3H2,(H,10,12,15)(H2,16,17,18);;;;;;/t3*4-,6-,7-,8-;;;;;;/m111....../s1. The molecule has 3 saturated heterocycles. The van der Waals surface area contributed by atoms with Crippen LogP contribution >= 0.6 is 23.5 Å². The molecule has 3 fully saturated rings. The number of aliphatic hydroxyl groups excluding tert-OH is 6. The molecule has 0 amide bonds. The molecule has 0 unspecified atom stereocenters. The molecule has 3 aliphatic rings. The van der Waals surface area contributed by atoms with Crippen LogP contribution in [0.4, 0.5) is 0 Å². The Kier molecular flexibility index (Phi) is 25.3. The molecule has 66 heavy (non-hydrogen) atoms. The van der Waals surface area contributed by atoms with Crippen LogP contribution < -0.4 is 33.7 Å². The molecule has 0 aromatic carbocycles. The van der Waals surface area contributed by atoms with E-state index < -0.39 is 151 Å². The summed E-state index contributed by atoms with van der Waals surface area (Å²) in [5, 5.41) is 58.7. The summed E-state index contributed by atoms with van der Waals surface area (Å²) in [6.45, 7) is -2.05. The van der Waals surface area contributed by atoms with E-state index in [4.69, 9.17) is 43.6 Å². The van der Waals surface area contributed by atoms with Crippen LogP contribution in [0.3, 0.4) is 0 Å². The second-order valence-electron chi connectivity index (χ2n) is 13.1. The zero-order valence-electron chi connectivity index (χ0n) is 31.2. The van der Waals surface area contributed by atoms with Crippen molar-refractivity contribution in [2.24, 2.45) is 0 Å². The first-order chi connectivity index (χ1) is 29.1. The number of aromatic nitrogens is 6. The van der Waals surface area contributed by atoms with E-state index in [9.17, 15) is 73.1 Å². The number of nitrogens with one attached hydrogen (secondary N) is 3. The van der Waals surface area contributed by atoms with E-state index in [-0.39, 0.29) is 88.7 Å². The number of H-pyrrole nitrogens is 3. The summed E-state index contributed by atoms with van der Waals surface area (Å²) in [6, 6.07) is 3.05. The summed E-state index contributed by atoms with van der Waals surface area (Å²) >= 11 is 0. The van der Waals surface area contributed by atoms with Crippen LogP contribution in [0.25, 0.3) is 0 Å². The number of hydrogen-bond donors (Lipinski definition) is 15. The van der Waals surface area contributed by atoms with Gasteiger partial charge in [-0.3, -0.25) is 56.6 Å². The Hall–Kier alpha value is -0.990. The van der Waals surface area contributed by atoms with Gasteiger partial charge in [-0.05, 0) is 0 Å². The first kappa shape index (κ1) is 63.0. The number of aliphatic hydroxyl groups is 6. The zero-order valence-corrected chi connectivity index (χ0v) is 33.9. The topological polar surface area (TPSA) is 514 Å². The summed E-state index contributed by atoms with van der Waals surface area (Å²) in [5.41, 5.74) is -4.54. The third-order valence-corrected chi connectivity index (χ3v) is 10.1. The van der Waals surface area contributed by atoms with E-state index in [0.717, 1.165) is 50.5 Å². The van der Waals surface area contributed by atoms with Gasteiger partial charge in [0.05, 0.1) is 19.8 Å². The second kappa shape index (κ2) is 26.5.